The first-order chi connectivity index (χ1) is 12.6. The Morgan fingerprint density at radius 2 is 1.88 bits per heavy atom. The molecule has 1 N–H and O–H groups in total. The number of nitrogens with one attached hydrogen (secondary N) is 1. The zero-order valence-electron chi connectivity index (χ0n) is 14.7. The normalized spacial score (nSPS) is 10.7. The van der Waals surface area contributed by atoms with Crippen LogP contribution < -0.4 is 10.1 Å². The van der Waals surface area contributed by atoms with Crippen molar-refractivity contribution in [3.05, 3.63) is 53.6 Å². The maximum atomic E-state index is 12.2. The molecule has 1 amide bonds. The molecule has 3 rings (SSSR count). The van der Waals surface area contributed by atoms with Gasteiger partial charge in [-0.05, 0) is 49.7 Å². The van der Waals surface area contributed by atoms with Crippen molar-refractivity contribution in [1.29, 1.82) is 0 Å². The zero-order valence-corrected chi connectivity index (χ0v) is 15.6. The summed E-state index contributed by atoms with van der Waals surface area (Å²) in [6.45, 7) is 4.48. The van der Waals surface area contributed by atoms with Gasteiger partial charge in [0.05, 0.1) is 16.8 Å². The van der Waals surface area contributed by atoms with Crippen LogP contribution in [0.4, 0.5) is 5.13 Å². The van der Waals surface area contributed by atoms with Crippen molar-refractivity contribution in [2.75, 3.05) is 11.9 Å². The van der Waals surface area contributed by atoms with E-state index in [1.54, 1.807) is 24.3 Å². The van der Waals surface area contributed by atoms with E-state index in [-0.39, 0.29) is 24.5 Å². The molecule has 2 aromatic carbocycles. The average Bonchev–Trinajstić information content (AvgIpc) is 3.04. The fourth-order valence-corrected chi connectivity index (χ4v) is 3.56. The Kier molecular flexibility index (Phi) is 5.63. The second-order valence-electron chi connectivity index (χ2n) is 5.87. The first-order valence-corrected chi connectivity index (χ1v) is 9.30. The lowest BCUT2D eigenvalue weighted by molar-refractivity contribution is -0.116. The number of anilines is 1. The van der Waals surface area contributed by atoms with Crippen LogP contribution in [0.2, 0.25) is 0 Å². The van der Waals surface area contributed by atoms with Crippen LogP contribution in [-0.4, -0.2) is 23.3 Å². The number of thiazole rings is 1. The molecular formula is C20H20N2O3S. The number of ether oxygens (including phenoxy) is 1. The van der Waals surface area contributed by atoms with Crippen LogP contribution in [0.1, 0.15) is 35.7 Å². The highest BCUT2D eigenvalue weighted by atomic mass is 32.1. The van der Waals surface area contributed by atoms with E-state index in [9.17, 15) is 9.59 Å². The molecule has 26 heavy (non-hydrogen) atoms. The Morgan fingerprint density at radius 1 is 1.12 bits per heavy atom. The number of amides is 1. The number of carbonyl (C=O) groups is 2. The zero-order chi connectivity index (χ0) is 18.5. The summed E-state index contributed by atoms with van der Waals surface area (Å²) in [5, 5.41) is 3.35. The maximum absolute atomic E-state index is 12.2. The van der Waals surface area contributed by atoms with Gasteiger partial charge in [-0.25, -0.2) is 4.98 Å². The summed E-state index contributed by atoms with van der Waals surface area (Å²) in [6, 6.07) is 12.9. The van der Waals surface area contributed by atoms with Crippen molar-refractivity contribution in [1.82, 2.24) is 4.98 Å². The third-order valence-electron chi connectivity index (χ3n) is 3.93. The quantitative estimate of drug-likeness (QED) is 0.619. The maximum Gasteiger partial charge on any atom is 0.226 e. The van der Waals surface area contributed by atoms with Gasteiger partial charge >= 0.3 is 0 Å². The van der Waals surface area contributed by atoms with E-state index in [0.717, 1.165) is 21.5 Å². The monoisotopic (exact) mass is 368 g/mol. The number of aromatic nitrogens is 1. The van der Waals surface area contributed by atoms with Crippen LogP contribution in [0.5, 0.6) is 5.75 Å². The number of nitrogens with zero attached hydrogens (tertiary/aromatic N) is 1. The first kappa shape index (κ1) is 18.1. The van der Waals surface area contributed by atoms with Crippen molar-refractivity contribution >= 4 is 38.4 Å². The smallest absolute Gasteiger partial charge is 0.226 e. The second kappa shape index (κ2) is 8.10. The van der Waals surface area contributed by atoms with Gasteiger partial charge in [0.2, 0.25) is 5.91 Å². The van der Waals surface area contributed by atoms with Crippen molar-refractivity contribution in [3.63, 3.8) is 0 Å². The molecule has 0 atom stereocenters. The fourth-order valence-electron chi connectivity index (χ4n) is 2.60. The van der Waals surface area contributed by atoms with Gasteiger partial charge in [0, 0.05) is 18.4 Å². The number of hydrogen-bond acceptors (Lipinski definition) is 5. The molecule has 0 saturated heterocycles. The molecule has 0 aliphatic rings. The lowest BCUT2D eigenvalue weighted by atomic mass is 10.1. The number of para-hydroxylation sites is 1. The van der Waals surface area contributed by atoms with E-state index >= 15 is 0 Å². The molecule has 0 aliphatic carbocycles. The predicted molar refractivity (Wildman–Crippen MR) is 104 cm³/mol. The minimum absolute atomic E-state index is 0.0663. The summed E-state index contributed by atoms with van der Waals surface area (Å²) in [7, 11) is 0. The van der Waals surface area contributed by atoms with Crippen molar-refractivity contribution in [3.8, 4) is 5.75 Å². The number of benzene rings is 2. The van der Waals surface area contributed by atoms with Crippen LogP contribution >= 0.6 is 11.3 Å². The van der Waals surface area contributed by atoms with E-state index in [2.05, 4.69) is 10.3 Å². The number of ketones is 1. The average molecular weight is 368 g/mol. The Bertz CT molecular complexity index is 932. The number of fused-ring (bicyclic) bond motifs is 1. The molecule has 0 unspecified atom stereocenters. The summed E-state index contributed by atoms with van der Waals surface area (Å²) >= 11 is 1.43. The number of aryl methyl sites for hydroxylation is 1. The molecule has 134 valence electrons. The summed E-state index contributed by atoms with van der Waals surface area (Å²) < 4.78 is 6.39. The van der Waals surface area contributed by atoms with Crippen LogP contribution in [0.3, 0.4) is 0 Å². The van der Waals surface area contributed by atoms with Gasteiger partial charge in [0.1, 0.15) is 5.75 Å². The standard InChI is InChI=1S/C20H20N2O3S/c1-3-25-15-9-7-14(8-10-15)16(23)11-12-18(24)21-20-22-19-13(2)5-4-6-17(19)26-20/h4-10H,3,11-12H2,1-2H3,(H,21,22,24). The van der Waals surface area contributed by atoms with Gasteiger partial charge in [-0.1, -0.05) is 23.5 Å². The minimum atomic E-state index is -0.207. The molecule has 5 nitrogen and oxygen atoms in total. The van der Waals surface area contributed by atoms with E-state index in [1.165, 1.54) is 11.3 Å². The fraction of sp³-hybridized carbons (Fsp3) is 0.250. The number of hydrogen-bond donors (Lipinski definition) is 1. The molecule has 0 fully saturated rings. The summed E-state index contributed by atoms with van der Waals surface area (Å²) in [4.78, 5) is 28.8. The Labute approximate surface area is 156 Å². The third kappa shape index (κ3) is 4.26. The van der Waals surface area contributed by atoms with Gasteiger partial charge in [-0.3, -0.25) is 9.59 Å². The highest BCUT2D eigenvalue weighted by molar-refractivity contribution is 7.22. The summed E-state index contributed by atoms with van der Waals surface area (Å²) in [6.07, 6.45) is 0.282. The van der Waals surface area contributed by atoms with Gasteiger partial charge in [-0.15, -0.1) is 0 Å². The molecular weight excluding hydrogens is 348 g/mol. The van der Waals surface area contributed by atoms with Crippen LogP contribution in [0, 0.1) is 6.92 Å². The first-order valence-electron chi connectivity index (χ1n) is 8.49. The van der Waals surface area contributed by atoms with Crippen LogP contribution in [-0.2, 0) is 4.79 Å². The second-order valence-corrected chi connectivity index (χ2v) is 6.90. The van der Waals surface area contributed by atoms with E-state index in [1.807, 2.05) is 32.0 Å². The van der Waals surface area contributed by atoms with E-state index in [4.69, 9.17) is 4.74 Å². The molecule has 0 bridgehead atoms. The lowest BCUT2D eigenvalue weighted by Crippen LogP contribution is -2.13. The van der Waals surface area contributed by atoms with Gasteiger partial charge in [0.25, 0.3) is 0 Å². The van der Waals surface area contributed by atoms with Crippen LogP contribution in [0.15, 0.2) is 42.5 Å². The van der Waals surface area contributed by atoms with Gasteiger partial charge < -0.3 is 10.1 Å². The lowest BCUT2D eigenvalue weighted by Gasteiger charge is -2.05. The minimum Gasteiger partial charge on any atom is -0.494 e. The Balaban J connectivity index is 1.56. The van der Waals surface area contributed by atoms with Crippen molar-refractivity contribution < 1.29 is 14.3 Å². The molecule has 3 aromatic rings. The largest absolute Gasteiger partial charge is 0.494 e. The molecule has 6 heteroatoms. The van der Waals surface area contributed by atoms with Gasteiger partial charge in [0.15, 0.2) is 10.9 Å². The van der Waals surface area contributed by atoms with Gasteiger partial charge in [-0.2, -0.15) is 0 Å². The molecule has 0 aliphatic heterocycles. The molecule has 1 aromatic heterocycles. The predicted octanol–water partition coefficient (Wildman–Crippen LogP) is 4.61. The third-order valence-corrected chi connectivity index (χ3v) is 4.87. The highest BCUT2D eigenvalue weighted by Crippen LogP contribution is 2.28. The van der Waals surface area contributed by atoms with Crippen LogP contribution in [0.25, 0.3) is 10.2 Å². The Hall–Kier alpha value is -2.73. The van der Waals surface area contributed by atoms with E-state index < -0.39 is 0 Å². The molecule has 1 heterocycles. The number of carbonyl (C=O) groups excluding carboxylic acids is 2. The molecule has 0 radical (unpaired) electrons. The van der Waals surface area contributed by atoms with Crippen molar-refractivity contribution in [2.45, 2.75) is 26.7 Å². The summed E-state index contributed by atoms with van der Waals surface area (Å²) in [5.74, 6) is 0.456. The molecule has 0 spiro atoms. The highest BCUT2D eigenvalue weighted by Gasteiger charge is 2.12. The summed E-state index contributed by atoms with van der Waals surface area (Å²) in [5.41, 5.74) is 2.56. The topological polar surface area (TPSA) is 68.3 Å². The number of Topliss-reactive ketones (excluding diaryl/α,β-unsaturated/α-hetero) is 1. The van der Waals surface area contributed by atoms with Crippen molar-refractivity contribution in [2.24, 2.45) is 0 Å². The number of rotatable bonds is 7. The van der Waals surface area contributed by atoms with E-state index in [0.29, 0.717) is 17.3 Å². The molecule has 0 saturated carbocycles. The SMILES string of the molecule is CCOc1ccc(C(=O)CCC(=O)Nc2nc3c(C)cccc3s2)cc1. The Morgan fingerprint density at radius 3 is 2.58 bits per heavy atom.